The number of rotatable bonds is 5. The Hall–Kier alpha value is -3.88. The van der Waals surface area contributed by atoms with E-state index in [0.717, 1.165) is 6.42 Å². The second-order valence-electron chi connectivity index (χ2n) is 11.7. The molecule has 0 radical (unpaired) electrons. The average Bonchev–Trinajstić information content (AvgIpc) is 3.47. The summed E-state index contributed by atoms with van der Waals surface area (Å²) in [4.78, 5) is 24.3. The van der Waals surface area contributed by atoms with Crippen LogP contribution in [0.2, 0.25) is 0 Å². The summed E-state index contributed by atoms with van der Waals surface area (Å²) in [7, 11) is -4.28. The first kappa shape index (κ1) is 28.2. The third-order valence-corrected chi connectivity index (χ3v) is 9.44. The van der Waals surface area contributed by atoms with E-state index in [2.05, 4.69) is 20.1 Å². The molecule has 15 heteroatoms. The Morgan fingerprint density at radius 3 is 2.64 bits per heavy atom. The number of hydrogen-bond acceptors (Lipinski definition) is 9. The van der Waals surface area contributed by atoms with Crippen LogP contribution in [0, 0.1) is 11.3 Å². The molecular weight excluding hydrogens is 575 g/mol. The monoisotopic (exact) mass is 605 g/mol. The van der Waals surface area contributed by atoms with Gasteiger partial charge in [-0.2, -0.15) is 21.6 Å². The fraction of sp³-hybridized carbons (Fsp3) is 0.481. The maximum absolute atomic E-state index is 13.4. The molecule has 4 bridgehead atoms. The summed E-state index contributed by atoms with van der Waals surface area (Å²) in [5, 5.41) is 7.24. The zero-order valence-electron chi connectivity index (χ0n) is 23.0. The molecule has 0 unspecified atom stereocenters. The maximum Gasteiger partial charge on any atom is 0.394 e. The lowest BCUT2D eigenvalue weighted by Crippen LogP contribution is -2.41. The molecule has 2 aliphatic heterocycles. The largest absolute Gasteiger partial charge is 0.477 e. The Morgan fingerprint density at radius 2 is 1.90 bits per heavy atom. The molecule has 1 atom stereocenters. The van der Waals surface area contributed by atoms with Gasteiger partial charge in [0.1, 0.15) is 11.6 Å². The van der Waals surface area contributed by atoms with E-state index in [-0.39, 0.29) is 54.1 Å². The van der Waals surface area contributed by atoms with Crippen LogP contribution in [0.4, 0.5) is 24.8 Å². The minimum Gasteiger partial charge on any atom is -0.477 e. The van der Waals surface area contributed by atoms with Crippen LogP contribution in [0.5, 0.6) is 5.88 Å². The van der Waals surface area contributed by atoms with Crippen LogP contribution in [0.15, 0.2) is 47.6 Å². The molecule has 2 N–H and O–H groups in total. The number of ether oxygens (including phenoxy) is 1. The highest BCUT2D eigenvalue weighted by Crippen LogP contribution is 2.59. The van der Waals surface area contributed by atoms with Gasteiger partial charge in [0.05, 0.1) is 17.6 Å². The predicted octanol–water partition coefficient (Wildman–Crippen LogP) is 3.92. The molecule has 1 aliphatic carbocycles. The number of aromatic nitrogens is 4. The van der Waals surface area contributed by atoms with Gasteiger partial charge in [0, 0.05) is 30.9 Å². The normalized spacial score (nSPS) is 22.1. The van der Waals surface area contributed by atoms with Crippen LogP contribution in [0.3, 0.4) is 0 Å². The number of alkyl halides is 3. The molecule has 0 aromatic carbocycles. The van der Waals surface area contributed by atoms with Crippen molar-refractivity contribution in [1.82, 2.24) is 24.5 Å². The molecule has 3 aromatic heterocycles. The van der Waals surface area contributed by atoms with Crippen LogP contribution >= 0.6 is 0 Å². The Balaban J connectivity index is 1.30. The molecule has 224 valence electrons. The van der Waals surface area contributed by atoms with Gasteiger partial charge in [-0.1, -0.05) is 6.07 Å². The molecule has 3 aliphatic rings. The van der Waals surface area contributed by atoms with Gasteiger partial charge in [0.15, 0.2) is 10.8 Å². The standard InChI is InChI=1S/C27H30F3N7O4S/c1-25(2)14-17-15-31-19-4-3-5-22(32-19)42(39,40)35-24(38)18-6-7-20(33-23(18)36(25)16-17)37-12-8-21(34-37)41-13-11-26(9-10-26)27(28,29)30/h3-8,12,17H,9-11,13-16H2,1-2H3,(H,31,32)(H,35,38)/t17-/m0/s1. The number of halogens is 3. The highest BCUT2D eigenvalue weighted by atomic mass is 32.2. The van der Waals surface area contributed by atoms with E-state index in [1.165, 1.54) is 28.9 Å². The van der Waals surface area contributed by atoms with Crippen LogP contribution in [-0.2, 0) is 10.0 Å². The van der Waals surface area contributed by atoms with E-state index < -0.39 is 33.1 Å². The molecular formula is C27H30F3N7O4S. The lowest BCUT2D eigenvalue weighted by molar-refractivity contribution is -0.190. The number of hydrogen-bond donors (Lipinski definition) is 2. The third kappa shape index (κ3) is 5.25. The summed E-state index contributed by atoms with van der Waals surface area (Å²) >= 11 is 0. The van der Waals surface area contributed by atoms with Gasteiger partial charge in [0.2, 0.25) is 5.88 Å². The molecule has 5 heterocycles. The molecule has 1 amide bonds. The highest BCUT2D eigenvalue weighted by molar-refractivity contribution is 7.90. The Morgan fingerprint density at radius 1 is 1.12 bits per heavy atom. The van der Waals surface area contributed by atoms with Crippen molar-refractivity contribution in [2.45, 2.75) is 56.3 Å². The number of fused-ring (bicyclic) bond motifs is 6. The zero-order chi connectivity index (χ0) is 29.9. The summed E-state index contributed by atoms with van der Waals surface area (Å²) in [6, 6.07) is 9.07. The summed E-state index contributed by atoms with van der Waals surface area (Å²) in [6.45, 7) is 4.99. The summed E-state index contributed by atoms with van der Waals surface area (Å²) in [5.74, 6) is 0.422. The van der Waals surface area contributed by atoms with E-state index in [1.54, 1.807) is 18.3 Å². The molecule has 1 saturated carbocycles. The Labute approximate surface area is 240 Å². The van der Waals surface area contributed by atoms with Gasteiger partial charge in [-0.25, -0.2) is 19.4 Å². The van der Waals surface area contributed by atoms with Crippen molar-refractivity contribution in [3.63, 3.8) is 0 Å². The van der Waals surface area contributed by atoms with Gasteiger partial charge in [-0.15, -0.1) is 5.10 Å². The summed E-state index contributed by atoms with van der Waals surface area (Å²) in [5.41, 5.74) is -2.03. The second kappa shape index (κ2) is 9.85. The summed E-state index contributed by atoms with van der Waals surface area (Å²) < 4.78 is 74.8. The van der Waals surface area contributed by atoms with Crippen molar-refractivity contribution in [2.75, 3.05) is 29.9 Å². The molecule has 1 saturated heterocycles. The third-order valence-electron chi connectivity index (χ3n) is 8.20. The van der Waals surface area contributed by atoms with Crippen molar-refractivity contribution in [2.24, 2.45) is 11.3 Å². The first-order chi connectivity index (χ1) is 19.8. The Kier molecular flexibility index (Phi) is 6.62. The van der Waals surface area contributed by atoms with Gasteiger partial charge < -0.3 is 15.0 Å². The highest BCUT2D eigenvalue weighted by Gasteiger charge is 2.62. The van der Waals surface area contributed by atoms with Gasteiger partial charge in [-0.3, -0.25) is 4.79 Å². The van der Waals surface area contributed by atoms with Crippen molar-refractivity contribution in [3.05, 3.63) is 48.2 Å². The van der Waals surface area contributed by atoms with Gasteiger partial charge in [-0.05, 0) is 69.7 Å². The topological polar surface area (TPSA) is 131 Å². The lowest BCUT2D eigenvalue weighted by atomic mass is 9.96. The van der Waals surface area contributed by atoms with E-state index in [4.69, 9.17) is 9.72 Å². The number of carbonyl (C=O) groups is 1. The van der Waals surface area contributed by atoms with Crippen LogP contribution in [-0.4, -0.2) is 65.5 Å². The average molecular weight is 606 g/mol. The molecule has 6 rings (SSSR count). The molecule has 11 nitrogen and oxygen atoms in total. The fourth-order valence-electron chi connectivity index (χ4n) is 5.68. The van der Waals surface area contributed by atoms with E-state index in [9.17, 15) is 26.4 Å². The number of amides is 1. The number of sulfonamides is 1. The number of nitrogens with one attached hydrogen (secondary N) is 2. The van der Waals surface area contributed by atoms with Crippen molar-refractivity contribution >= 4 is 27.6 Å². The first-order valence-electron chi connectivity index (χ1n) is 13.6. The van der Waals surface area contributed by atoms with Crippen LogP contribution in [0.25, 0.3) is 5.82 Å². The van der Waals surface area contributed by atoms with Gasteiger partial charge >= 0.3 is 6.18 Å². The first-order valence-corrected chi connectivity index (χ1v) is 15.1. The molecule has 2 fully saturated rings. The molecule has 0 spiro atoms. The number of pyridine rings is 2. The molecule has 42 heavy (non-hydrogen) atoms. The van der Waals surface area contributed by atoms with Gasteiger partial charge in [0.25, 0.3) is 15.9 Å². The van der Waals surface area contributed by atoms with Crippen LogP contribution in [0.1, 0.15) is 49.9 Å². The zero-order valence-corrected chi connectivity index (χ0v) is 23.8. The van der Waals surface area contributed by atoms with Crippen molar-refractivity contribution < 1.29 is 31.1 Å². The van der Waals surface area contributed by atoms with Crippen molar-refractivity contribution in [3.8, 4) is 11.7 Å². The number of anilines is 2. The minimum atomic E-state index is -4.28. The van der Waals surface area contributed by atoms with E-state index >= 15 is 0 Å². The fourth-order valence-corrected chi connectivity index (χ4v) is 6.61. The summed E-state index contributed by atoms with van der Waals surface area (Å²) in [6.07, 6.45) is -1.85. The number of carbonyl (C=O) groups excluding carboxylic acids is 1. The number of nitrogens with zero attached hydrogens (tertiary/aromatic N) is 5. The van der Waals surface area contributed by atoms with Crippen LogP contribution < -0.4 is 19.7 Å². The smallest absolute Gasteiger partial charge is 0.394 e. The second-order valence-corrected chi connectivity index (χ2v) is 13.3. The van der Waals surface area contributed by atoms with Crippen molar-refractivity contribution in [1.29, 1.82) is 0 Å². The lowest BCUT2D eigenvalue weighted by Gasteiger charge is -2.33. The predicted molar refractivity (Wildman–Crippen MR) is 146 cm³/mol. The van der Waals surface area contributed by atoms with E-state index in [0.29, 0.717) is 24.7 Å². The van der Waals surface area contributed by atoms with E-state index in [1.807, 2.05) is 18.7 Å². The Bertz CT molecular complexity index is 1640. The quantitative estimate of drug-likeness (QED) is 0.444. The minimum absolute atomic E-state index is 0.0601. The SMILES string of the molecule is CC1(C)C[C@H]2CNc3cccc(n3)S(=O)(=O)NC(=O)c3ccc(-n4ccc(OCCC5(C(F)(F)F)CC5)n4)nc3N1C2. The molecule has 3 aromatic rings. The maximum atomic E-state index is 13.4.